The van der Waals surface area contributed by atoms with Crippen LogP contribution in [-0.4, -0.2) is 49.3 Å². The van der Waals surface area contributed by atoms with E-state index in [-0.39, 0.29) is 38.6 Å². The topological polar surface area (TPSA) is 134 Å². The first-order valence-electron chi connectivity index (χ1n) is 41.6. The van der Waals surface area contributed by atoms with Crippen LogP contribution < -0.4 is 5.73 Å². The van der Waals surface area contributed by atoms with Gasteiger partial charge in [-0.15, -0.1) is 0 Å². The maximum Gasteiger partial charge on any atom is 0.472 e. The third-order valence-corrected chi connectivity index (χ3v) is 18.6. The van der Waals surface area contributed by atoms with E-state index in [1.807, 2.05) is 0 Å². The molecule has 0 rings (SSSR count). The summed E-state index contributed by atoms with van der Waals surface area (Å²) in [4.78, 5) is 35.5. The summed E-state index contributed by atoms with van der Waals surface area (Å²) >= 11 is 0. The Kier molecular flexibility index (Phi) is 80.4. The maximum atomic E-state index is 12.8. The van der Waals surface area contributed by atoms with Crippen LogP contribution in [0.15, 0.2) is 170 Å². The van der Waals surface area contributed by atoms with Crippen molar-refractivity contribution in [2.24, 2.45) is 5.73 Å². The highest BCUT2D eigenvalue weighted by molar-refractivity contribution is 7.47. The van der Waals surface area contributed by atoms with E-state index in [0.717, 1.165) is 135 Å². The third-order valence-electron chi connectivity index (χ3n) is 17.6. The highest BCUT2D eigenvalue weighted by Crippen LogP contribution is 2.43. The number of hydrogen-bond acceptors (Lipinski definition) is 8. The molecule has 0 aromatic carbocycles. The van der Waals surface area contributed by atoms with Crippen LogP contribution in [0.1, 0.15) is 361 Å². The number of hydrogen-bond donors (Lipinski definition) is 2. The molecular formula is C91H154NO8P. The van der Waals surface area contributed by atoms with Gasteiger partial charge >= 0.3 is 19.8 Å². The first-order chi connectivity index (χ1) is 49.8. The summed E-state index contributed by atoms with van der Waals surface area (Å²) in [5.74, 6) is -0.848. The van der Waals surface area contributed by atoms with Gasteiger partial charge in [0.15, 0.2) is 6.10 Å². The molecule has 0 aliphatic heterocycles. The van der Waals surface area contributed by atoms with Crippen molar-refractivity contribution in [2.45, 2.75) is 367 Å². The second kappa shape index (κ2) is 84.3. The van der Waals surface area contributed by atoms with Gasteiger partial charge in [-0.05, 0) is 135 Å². The zero-order valence-electron chi connectivity index (χ0n) is 65.1. The highest BCUT2D eigenvalue weighted by Gasteiger charge is 2.26. The fourth-order valence-corrected chi connectivity index (χ4v) is 12.2. The molecule has 0 aromatic rings. The van der Waals surface area contributed by atoms with Gasteiger partial charge in [0.1, 0.15) is 6.61 Å². The van der Waals surface area contributed by atoms with Crippen LogP contribution in [0, 0.1) is 0 Å². The summed E-state index contributed by atoms with van der Waals surface area (Å²) in [5, 5.41) is 0. The molecule has 9 nitrogen and oxygen atoms in total. The Bertz CT molecular complexity index is 2280. The van der Waals surface area contributed by atoms with E-state index in [1.54, 1.807) is 0 Å². The monoisotopic (exact) mass is 1420 g/mol. The van der Waals surface area contributed by atoms with E-state index in [9.17, 15) is 19.0 Å². The lowest BCUT2D eigenvalue weighted by Gasteiger charge is -2.19. The predicted molar refractivity (Wildman–Crippen MR) is 440 cm³/mol. The Morgan fingerprint density at radius 1 is 0.307 bits per heavy atom. The SMILES string of the molecule is CC/C=C\C/C=C\C/C=C\C/C=C\C/C=C\C/C=C\C/C=C\C/C=C\C/C=C\C/C=C\C/C=C\CCCCCCCC(=O)OC(COC(=O)CCCCCCCCCCCCCCCCCCCCCCCCCCCC/C=C\C/C=C\C/C=C\CCCCCCC)COP(=O)(O)OCCN. The number of carbonyl (C=O) groups excluding carboxylic acids is 2. The standard InChI is InChI=1S/C91H154NO8P/c1-3-5-7-9-11-13-15-17-19-21-23-25-27-29-31-33-35-37-39-41-43-44-46-47-49-51-53-55-57-59-61-63-65-67-69-71-73-75-77-79-81-83-90(93)97-87-89(88-99-101(95,96)98-86-85-92)100-91(94)84-82-80-78-76-74-72-70-68-66-64-62-60-58-56-54-52-50-48-45-42-40-38-36-34-32-30-28-26-24-22-20-18-16-14-12-10-8-6-4-2/h6,8,12,14-15,17-18,20-21,23-24,26-27,29-30,32,36,38,42,45,50,52,56,58,62,64,68,70,89H,3-5,7,9-11,13,16,19,22,25,28,31,33-35,37,39-41,43-44,46-49,51,53-55,57,59-61,63,65-67,69,71-88,92H2,1-2H3,(H,95,96)/b8-6-,14-12-,17-15-,20-18-,23-21-,26-24-,29-27-,32-30-,38-36-,45-42-,52-50-,58-56-,64-62-,70-68-. The normalized spacial score (nSPS) is 13.7. The summed E-state index contributed by atoms with van der Waals surface area (Å²) in [7, 11) is -4.41. The Morgan fingerprint density at radius 2 is 0.545 bits per heavy atom. The second-order valence-corrected chi connectivity index (χ2v) is 28.7. The van der Waals surface area contributed by atoms with Gasteiger partial charge in [0.05, 0.1) is 13.2 Å². The minimum absolute atomic E-state index is 0.0434. The number of carbonyl (C=O) groups is 2. The van der Waals surface area contributed by atoms with E-state index < -0.39 is 26.5 Å². The van der Waals surface area contributed by atoms with Crippen molar-refractivity contribution in [3.63, 3.8) is 0 Å². The molecule has 0 saturated heterocycles. The van der Waals surface area contributed by atoms with Crippen LogP contribution in [-0.2, 0) is 32.7 Å². The molecule has 0 fully saturated rings. The summed E-state index contributed by atoms with van der Waals surface area (Å²) in [5.41, 5.74) is 5.41. The number of ether oxygens (including phenoxy) is 2. The number of nitrogens with two attached hydrogens (primary N) is 1. The van der Waals surface area contributed by atoms with Crippen LogP contribution in [0.4, 0.5) is 0 Å². The molecule has 0 heterocycles. The molecule has 10 heteroatoms. The van der Waals surface area contributed by atoms with Crippen molar-refractivity contribution in [3.05, 3.63) is 170 Å². The first kappa shape index (κ1) is 96.4. The Labute approximate surface area is 622 Å². The van der Waals surface area contributed by atoms with Gasteiger partial charge in [-0.1, -0.05) is 383 Å². The van der Waals surface area contributed by atoms with Gasteiger partial charge in [-0.25, -0.2) is 4.57 Å². The third kappa shape index (κ3) is 84.2. The molecule has 0 spiro atoms. The van der Waals surface area contributed by atoms with E-state index >= 15 is 0 Å². The number of phosphoric acid groups is 1. The largest absolute Gasteiger partial charge is 0.472 e. The number of esters is 2. The summed E-state index contributed by atoms with van der Waals surface area (Å²) < 4.78 is 33.3. The summed E-state index contributed by atoms with van der Waals surface area (Å²) in [6.45, 7) is 3.62. The van der Waals surface area contributed by atoms with Gasteiger partial charge in [0.25, 0.3) is 0 Å². The average molecular weight is 1420 g/mol. The number of phosphoric ester groups is 1. The molecule has 0 aliphatic carbocycles. The zero-order chi connectivity index (χ0) is 72.9. The minimum atomic E-state index is -4.41. The highest BCUT2D eigenvalue weighted by atomic mass is 31.2. The molecular weight excluding hydrogens is 1270 g/mol. The van der Waals surface area contributed by atoms with Crippen molar-refractivity contribution in [3.8, 4) is 0 Å². The lowest BCUT2D eigenvalue weighted by molar-refractivity contribution is -0.161. The molecule has 0 radical (unpaired) electrons. The van der Waals surface area contributed by atoms with E-state index in [1.165, 1.54) is 193 Å². The molecule has 0 amide bonds. The van der Waals surface area contributed by atoms with Crippen LogP contribution >= 0.6 is 7.82 Å². The molecule has 0 bridgehead atoms. The van der Waals surface area contributed by atoms with Crippen molar-refractivity contribution in [2.75, 3.05) is 26.4 Å². The van der Waals surface area contributed by atoms with Crippen molar-refractivity contribution in [1.82, 2.24) is 0 Å². The fraction of sp³-hybridized carbons (Fsp3) is 0.670. The maximum absolute atomic E-state index is 12.8. The van der Waals surface area contributed by atoms with Crippen molar-refractivity contribution >= 4 is 19.8 Å². The molecule has 2 unspecified atom stereocenters. The van der Waals surface area contributed by atoms with Gasteiger partial charge in [0.2, 0.25) is 0 Å². The number of rotatable bonds is 77. The van der Waals surface area contributed by atoms with Crippen LogP contribution in [0.5, 0.6) is 0 Å². The molecule has 2 atom stereocenters. The average Bonchev–Trinajstić information content (AvgIpc) is 1.01. The van der Waals surface area contributed by atoms with Crippen LogP contribution in [0.25, 0.3) is 0 Å². The van der Waals surface area contributed by atoms with Gasteiger partial charge in [0, 0.05) is 19.4 Å². The Balaban J connectivity index is 3.88. The quantitative estimate of drug-likeness (QED) is 0.0264. The Hall–Kier alpha value is -4.63. The van der Waals surface area contributed by atoms with Gasteiger partial charge in [-0.2, -0.15) is 0 Å². The van der Waals surface area contributed by atoms with E-state index in [4.69, 9.17) is 24.3 Å². The second-order valence-electron chi connectivity index (χ2n) is 27.3. The predicted octanol–water partition coefficient (Wildman–Crippen LogP) is 28.4. The molecule has 0 aromatic heterocycles. The van der Waals surface area contributed by atoms with E-state index in [2.05, 4.69) is 184 Å². The lowest BCUT2D eigenvalue weighted by atomic mass is 10.0. The molecule has 0 aliphatic rings. The first-order valence-corrected chi connectivity index (χ1v) is 43.1. The lowest BCUT2D eigenvalue weighted by Crippen LogP contribution is -2.29. The molecule has 3 N–H and O–H groups in total. The molecule has 576 valence electrons. The molecule has 101 heavy (non-hydrogen) atoms. The summed E-state index contributed by atoms with van der Waals surface area (Å²) in [6.07, 6.45) is 125. The van der Waals surface area contributed by atoms with Crippen LogP contribution in [0.2, 0.25) is 0 Å². The van der Waals surface area contributed by atoms with Gasteiger partial charge < -0.3 is 20.1 Å². The smallest absolute Gasteiger partial charge is 0.462 e. The zero-order valence-corrected chi connectivity index (χ0v) is 66.0. The summed E-state index contributed by atoms with van der Waals surface area (Å²) in [6, 6.07) is 0. The van der Waals surface area contributed by atoms with Crippen molar-refractivity contribution in [1.29, 1.82) is 0 Å². The van der Waals surface area contributed by atoms with Gasteiger partial charge in [-0.3, -0.25) is 18.6 Å². The van der Waals surface area contributed by atoms with Crippen LogP contribution in [0.3, 0.4) is 0 Å². The van der Waals surface area contributed by atoms with E-state index in [0.29, 0.717) is 6.42 Å². The van der Waals surface area contributed by atoms with Crippen molar-refractivity contribution < 1.29 is 37.6 Å². The number of unbranched alkanes of at least 4 members (excludes halogenated alkanes) is 36. The fourth-order valence-electron chi connectivity index (χ4n) is 11.5. The number of allylic oxidation sites excluding steroid dienone is 28. The Morgan fingerprint density at radius 3 is 0.812 bits per heavy atom. The minimum Gasteiger partial charge on any atom is -0.462 e. The molecule has 0 saturated carbocycles.